The summed E-state index contributed by atoms with van der Waals surface area (Å²) in [6.07, 6.45) is 3.02. The van der Waals surface area contributed by atoms with Gasteiger partial charge in [0.15, 0.2) is 0 Å². The van der Waals surface area contributed by atoms with E-state index in [9.17, 15) is 23.6 Å². The van der Waals surface area contributed by atoms with E-state index in [1.807, 2.05) is 6.07 Å². The SMILES string of the molecule is Cn1c(=O)cc(Nc2ccc(Br)cc2F)c2c(=O)n(C3CC3)c(=O)n(-c3cccc(CCC=O)c3)c21. The molecule has 1 N–H and O–H groups in total. The van der Waals surface area contributed by atoms with Crippen molar-refractivity contribution in [1.29, 1.82) is 0 Å². The summed E-state index contributed by atoms with van der Waals surface area (Å²) in [5, 5.41) is 3.00. The van der Waals surface area contributed by atoms with Gasteiger partial charge in [-0.15, -0.1) is 0 Å². The number of aromatic nitrogens is 3. The molecule has 1 aliphatic rings. The van der Waals surface area contributed by atoms with E-state index < -0.39 is 22.6 Å². The summed E-state index contributed by atoms with van der Waals surface area (Å²) in [7, 11) is 1.49. The zero-order valence-corrected chi connectivity index (χ0v) is 20.9. The van der Waals surface area contributed by atoms with Crippen LogP contribution in [0.3, 0.4) is 0 Å². The van der Waals surface area contributed by atoms with Crippen molar-refractivity contribution in [3.8, 4) is 5.69 Å². The summed E-state index contributed by atoms with van der Waals surface area (Å²) in [6, 6.07) is 12.5. The molecule has 2 aromatic heterocycles. The first kappa shape index (κ1) is 23.9. The number of nitrogens with zero attached hydrogens (tertiary/aromatic N) is 3. The third-order valence-corrected chi connectivity index (χ3v) is 6.78. The molecule has 0 bridgehead atoms. The van der Waals surface area contributed by atoms with E-state index in [2.05, 4.69) is 21.2 Å². The fourth-order valence-electron chi connectivity index (χ4n) is 4.36. The maximum Gasteiger partial charge on any atom is 0.337 e. The Morgan fingerprint density at radius 1 is 1.08 bits per heavy atom. The highest BCUT2D eigenvalue weighted by atomic mass is 79.9. The van der Waals surface area contributed by atoms with Crippen LogP contribution in [-0.4, -0.2) is 20.0 Å². The van der Waals surface area contributed by atoms with Crippen LogP contribution in [0, 0.1) is 5.82 Å². The van der Waals surface area contributed by atoms with Crippen LogP contribution in [0.4, 0.5) is 15.8 Å². The monoisotopic (exact) mass is 552 g/mol. The van der Waals surface area contributed by atoms with Crippen molar-refractivity contribution in [2.24, 2.45) is 7.05 Å². The molecular formula is C26H22BrFN4O4. The number of carbonyl (C=O) groups excluding carboxylic acids is 1. The Bertz CT molecular complexity index is 1700. The van der Waals surface area contributed by atoms with Gasteiger partial charge in [-0.2, -0.15) is 0 Å². The number of aldehydes is 1. The second-order valence-corrected chi connectivity index (χ2v) is 9.72. The maximum atomic E-state index is 14.6. The van der Waals surface area contributed by atoms with Crippen molar-refractivity contribution in [3.05, 3.63) is 95.6 Å². The number of anilines is 2. The summed E-state index contributed by atoms with van der Waals surface area (Å²) in [6.45, 7) is 0. The fraction of sp³-hybridized carbons (Fsp3) is 0.231. The third kappa shape index (κ3) is 4.21. The van der Waals surface area contributed by atoms with Crippen LogP contribution in [0.5, 0.6) is 0 Å². The number of fused-ring (bicyclic) bond motifs is 1. The second-order valence-electron chi connectivity index (χ2n) is 8.80. The standard InChI is InChI=1S/C26H22BrFN4O4/c1-30-22(34)14-21(29-20-10-7-16(27)13-19(20)28)23-24(30)31(26(36)32(25(23)35)17-8-9-17)18-6-2-4-15(12-18)5-3-11-33/h2,4,6-7,10-14,17,29H,3,5,8-9H2,1H3. The van der Waals surface area contributed by atoms with E-state index in [1.54, 1.807) is 24.3 Å². The van der Waals surface area contributed by atoms with E-state index in [0.29, 0.717) is 35.8 Å². The van der Waals surface area contributed by atoms with Gasteiger partial charge < -0.3 is 10.1 Å². The number of halogens is 2. The number of hydrogen-bond acceptors (Lipinski definition) is 5. The van der Waals surface area contributed by atoms with Gasteiger partial charge in [0.05, 0.1) is 17.1 Å². The number of hydrogen-bond donors (Lipinski definition) is 1. The average Bonchev–Trinajstić information content (AvgIpc) is 3.68. The lowest BCUT2D eigenvalue weighted by Crippen LogP contribution is -2.41. The van der Waals surface area contributed by atoms with Crippen LogP contribution in [0.25, 0.3) is 16.7 Å². The number of nitrogens with one attached hydrogen (secondary N) is 1. The number of rotatable bonds is 7. The molecule has 184 valence electrons. The molecule has 0 aliphatic heterocycles. The van der Waals surface area contributed by atoms with Crippen LogP contribution in [0.2, 0.25) is 0 Å². The van der Waals surface area contributed by atoms with Crippen molar-refractivity contribution in [1.82, 2.24) is 13.7 Å². The molecule has 36 heavy (non-hydrogen) atoms. The lowest BCUT2D eigenvalue weighted by molar-refractivity contribution is -0.107. The molecule has 8 nitrogen and oxygen atoms in total. The largest absolute Gasteiger partial charge is 0.352 e. The molecule has 0 unspecified atom stereocenters. The number of pyridine rings is 1. The van der Waals surface area contributed by atoms with Crippen molar-refractivity contribution >= 4 is 44.6 Å². The topological polar surface area (TPSA) is 95.1 Å². The van der Waals surface area contributed by atoms with Crippen LogP contribution in [0.1, 0.15) is 30.9 Å². The molecular weight excluding hydrogens is 531 g/mol. The van der Waals surface area contributed by atoms with Crippen molar-refractivity contribution in [3.63, 3.8) is 0 Å². The third-order valence-electron chi connectivity index (χ3n) is 6.28. The highest BCUT2D eigenvalue weighted by molar-refractivity contribution is 9.10. The second kappa shape index (κ2) is 9.34. The first-order valence-electron chi connectivity index (χ1n) is 11.5. The Balaban J connectivity index is 1.85. The normalized spacial score (nSPS) is 13.2. The molecule has 1 aliphatic carbocycles. The van der Waals surface area contributed by atoms with Crippen molar-refractivity contribution in [2.75, 3.05) is 5.32 Å². The van der Waals surface area contributed by atoms with E-state index >= 15 is 0 Å². The molecule has 0 saturated heterocycles. The molecule has 4 aromatic rings. The van der Waals surface area contributed by atoms with Gasteiger partial charge in [0.2, 0.25) is 0 Å². The maximum absolute atomic E-state index is 14.6. The Kier molecular flexibility index (Phi) is 6.21. The molecule has 1 saturated carbocycles. The number of benzene rings is 2. The average molecular weight is 553 g/mol. The first-order valence-corrected chi connectivity index (χ1v) is 12.3. The summed E-state index contributed by atoms with van der Waals surface area (Å²) in [5.41, 5.74) is 0.0208. The number of aryl methyl sites for hydroxylation is 2. The lowest BCUT2D eigenvalue weighted by Gasteiger charge is -2.19. The van der Waals surface area contributed by atoms with Gasteiger partial charge in [-0.25, -0.2) is 13.8 Å². The van der Waals surface area contributed by atoms with Crippen LogP contribution >= 0.6 is 15.9 Å². The smallest absolute Gasteiger partial charge is 0.337 e. The summed E-state index contributed by atoms with van der Waals surface area (Å²) in [4.78, 5) is 51.3. The van der Waals surface area contributed by atoms with Gasteiger partial charge in [-0.05, 0) is 55.2 Å². The molecule has 1 fully saturated rings. The van der Waals surface area contributed by atoms with E-state index in [4.69, 9.17) is 0 Å². The summed E-state index contributed by atoms with van der Waals surface area (Å²) in [5.74, 6) is -0.572. The van der Waals surface area contributed by atoms with Gasteiger partial charge in [-0.1, -0.05) is 28.1 Å². The quantitative estimate of drug-likeness (QED) is 0.350. The predicted octanol–water partition coefficient (Wildman–Crippen LogP) is 3.96. The Labute approximate surface area is 212 Å². The summed E-state index contributed by atoms with van der Waals surface area (Å²) < 4.78 is 19.0. The van der Waals surface area contributed by atoms with Gasteiger partial charge in [-0.3, -0.25) is 18.7 Å². The molecule has 5 rings (SSSR count). The van der Waals surface area contributed by atoms with Crippen molar-refractivity contribution in [2.45, 2.75) is 31.7 Å². The van der Waals surface area contributed by atoms with Crippen molar-refractivity contribution < 1.29 is 9.18 Å². The van der Waals surface area contributed by atoms with E-state index in [0.717, 1.165) is 11.8 Å². The molecule has 2 aromatic carbocycles. The first-order chi connectivity index (χ1) is 17.3. The minimum Gasteiger partial charge on any atom is -0.352 e. The highest BCUT2D eigenvalue weighted by Crippen LogP contribution is 2.34. The van der Waals surface area contributed by atoms with Crippen LogP contribution in [0.15, 0.2) is 67.4 Å². The van der Waals surface area contributed by atoms with Gasteiger partial charge in [0, 0.05) is 30.0 Å². The summed E-state index contributed by atoms with van der Waals surface area (Å²) >= 11 is 3.22. The molecule has 10 heteroatoms. The van der Waals surface area contributed by atoms with E-state index in [-0.39, 0.29) is 28.5 Å². The highest BCUT2D eigenvalue weighted by Gasteiger charge is 2.31. The Morgan fingerprint density at radius 3 is 2.56 bits per heavy atom. The fourth-order valence-corrected chi connectivity index (χ4v) is 4.70. The Morgan fingerprint density at radius 2 is 1.86 bits per heavy atom. The predicted molar refractivity (Wildman–Crippen MR) is 139 cm³/mol. The zero-order valence-electron chi connectivity index (χ0n) is 19.3. The molecule has 2 heterocycles. The molecule has 0 spiro atoms. The molecule has 0 atom stereocenters. The number of carbonyl (C=O) groups is 1. The van der Waals surface area contributed by atoms with Crippen LogP contribution in [-0.2, 0) is 18.3 Å². The minimum absolute atomic E-state index is 0.0822. The zero-order chi connectivity index (χ0) is 25.6. The van der Waals surface area contributed by atoms with Gasteiger partial charge in [0.1, 0.15) is 23.1 Å². The van der Waals surface area contributed by atoms with Gasteiger partial charge in [0.25, 0.3) is 11.1 Å². The minimum atomic E-state index is -0.572. The lowest BCUT2D eigenvalue weighted by atomic mass is 10.1. The molecule has 0 amide bonds. The Hall–Kier alpha value is -3.79. The molecule has 0 radical (unpaired) electrons. The van der Waals surface area contributed by atoms with Gasteiger partial charge >= 0.3 is 5.69 Å². The van der Waals surface area contributed by atoms with Crippen LogP contribution < -0.4 is 22.1 Å². The van der Waals surface area contributed by atoms with E-state index in [1.165, 1.54) is 38.9 Å².